The molecule has 1 aliphatic heterocycles. The van der Waals surface area contributed by atoms with E-state index in [1.54, 1.807) is 41.0 Å². The van der Waals surface area contributed by atoms with Gasteiger partial charge in [-0.25, -0.2) is 13.6 Å². The van der Waals surface area contributed by atoms with E-state index in [0.29, 0.717) is 23.8 Å². The van der Waals surface area contributed by atoms with Crippen LogP contribution >= 0.6 is 0 Å². The summed E-state index contributed by atoms with van der Waals surface area (Å²) in [4.78, 5) is 14.2. The van der Waals surface area contributed by atoms with Crippen molar-refractivity contribution in [3.8, 4) is 5.75 Å². The summed E-state index contributed by atoms with van der Waals surface area (Å²) in [6.45, 7) is 1.99. The lowest BCUT2D eigenvalue weighted by atomic mass is 10.1. The van der Waals surface area contributed by atoms with Gasteiger partial charge in [-0.05, 0) is 30.7 Å². The molecule has 144 valence electrons. The van der Waals surface area contributed by atoms with Crippen LogP contribution in [0.15, 0.2) is 42.6 Å². The lowest BCUT2D eigenvalue weighted by Crippen LogP contribution is -2.39. The molecule has 0 aliphatic carbocycles. The van der Waals surface area contributed by atoms with Crippen molar-refractivity contribution in [1.82, 2.24) is 9.78 Å². The molecule has 6 nitrogen and oxygen atoms in total. The molecule has 1 aromatic heterocycles. The van der Waals surface area contributed by atoms with E-state index in [1.807, 2.05) is 6.92 Å². The first kappa shape index (κ1) is 18.0. The zero-order valence-electron chi connectivity index (χ0n) is 15.4. The van der Waals surface area contributed by atoms with Gasteiger partial charge in [0.1, 0.15) is 29.8 Å². The molecule has 0 saturated heterocycles. The number of fused-ring (bicyclic) bond motifs is 1. The van der Waals surface area contributed by atoms with Gasteiger partial charge in [0.05, 0.1) is 24.0 Å². The normalized spacial score (nSPS) is 13.3. The lowest BCUT2D eigenvalue weighted by molar-refractivity contribution is 0.255. The second kappa shape index (κ2) is 6.95. The minimum atomic E-state index is -0.660. The number of benzene rings is 2. The predicted molar refractivity (Wildman–Crippen MR) is 100 cm³/mol. The van der Waals surface area contributed by atoms with Gasteiger partial charge in [-0.15, -0.1) is 0 Å². The first-order chi connectivity index (χ1) is 13.4. The molecule has 2 aromatic carbocycles. The van der Waals surface area contributed by atoms with Gasteiger partial charge < -0.3 is 4.74 Å². The van der Waals surface area contributed by atoms with Crippen LogP contribution in [0.3, 0.4) is 0 Å². The summed E-state index contributed by atoms with van der Waals surface area (Å²) in [6.07, 6.45) is 1.71. The minimum Gasteiger partial charge on any atom is -0.489 e. The largest absolute Gasteiger partial charge is 0.489 e. The smallest absolute Gasteiger partial charge is 0.327 e. The third-order valence-electron chi connectivity index (χ3n) is 4.73. The van der Waals surface area contributed by atoms with Crippen molar-refractivity contribution in [1.29, 1.82) is 0 Å². The maximum Gasteiger partial charge on any atom is 0.327 e. The number of aromatic nitrogens is 2. The van der Waals surface area contributed by atoms with Crippen molar-refractivity contribution in [2.75, 3.05) is 10.2 Å². The van der Waals surface area contributed by atoms with E-state index in [1.165, 1.54) is 18.2 Å². The Hall–Kier alpha value is -3.42. The van der Waals surface area contributed by atoms with Crippen LogP contribution in [0, 0.1) is 18.6 Å². The van der Waals surface area contributed by atoms with E-state index in [4.69, 9.17) is 4.74 Å². The van der Waals surface area contributed by atoms with Crippen molar-refractivity contribution in [3.05, 3.63) is 70.9 Å². The first-order valence-corrected chi connectivity index (χ1v) is 8.70. The van der Waals surface area contributed by atoms with Crippen LogP contribution in [0.1, 0.15) is 16.7 Å². The third-order valence-corrected chi connectivity index (χ3v) is 4.73. The van der Waals surface area contributed by atoms with Gasteiger partial charge in [-0.1, -0.05) is 12.1 Å². The van der Waals surface area contributed by atoms with Crippen molar-refractivity contribution in [3.63, 3.8) is 0 Å². The van der Waals surface area contributed by atoms with Gasteiger partial charge in [-0.2, -0.15) is 5.10 Å². The number of ether oxygens (including phenoxy) is 1. The van der Waals surface area contributed by atoms with Gasteiger partial charge in [0, 0.05) is 18.7 Å². The molecule has 4 rings (SSSR count). The standard InChI is InChI=1S/C20H18F2N4O2/c1-12-6-7-14(28-11-15-16(21)4-3-5-17(15)22)8-18(12)26-10-13-9-23-25(2)19(13)24-20(26)27/h3-9H,10-11H2,1-2H3,(H,24,27). The SMILES string of the molecule is Cc1ccc(OCc2c(F)cccc2F)cc1N1Cc2cnn(C)c2NC1=O. The Bertz CT molecular complexity index is 1040. The molecular weight excluding hydrogens is 366 g/mol. The van der Waals surface area contributed by atoms with Crippen molar-refractivity contribution >= 4 is 17.5 Å². The van der Waals surface area contributed by atoms with Gasteiger partial charge in [0.2, 0.25) is 0 Å². The molecule has 0 saturated carbocycles. The lowest BCUT2D eigenvalue weighted by Gasteiger charge is -2.29. The summed E-state index contributed by atoms with van der Waals surface area (Å²) in [7, 11) is 1.76. The van der Waals surface area contributed by atoms with Gasteiger partial charge in [-0.3, -0.25) is 14.9 Å². The molecule has 8 heteroatoms. The highest BCUT2D eigenvalue weighted by molar-refractivity contribution is 6.04. The van der Waals surface area contributed by atoms with Crippen molar-refractivity contribution in [2.45, 2.75) is 20.1 Å². The van der Waals surface area contributed by atoms with Crippen LogP contribution in [-0.4, -0.2) is 15.8 Å². The zero-order chi connectivity index (χ0) is 19.8. The molecule has 0 radical (unpaired) electrons. The predicted octanol–water partition coefficient (Wildman–Crippen LogP) is 4.14. The first-order valence-electron chi connectivity index (χ1n) is 8.70. The van der Waals surface area contributed by atoms with Gasteiger partial charge in [0.15, 0.2) is 0 Å². The Kier molecular flexibility index (Phi) is 4.46. The van der Waals surface area contributed by atoms with E-state index in [9.17, 15) is 13.6 Å². The molecule has 0 fully saturated rings. The van der Waals surface area contributed by atoms with E-state index in [-0.39, 0.29) is 18.2 Å². The Labute approximate surface area is 160 Å². The fraction of sp³-hybridized carbons (Fsp3) is 0.200. The van der Waals surface area contributed by atoms with Crippen LogP contribution in [-0.2, 0) is 20.2 Å². The third kappa shape index (κ3) is 3.17. The number of anilines is 2. The molecule has 2 heterocycles. The maximum absolute atomic E-state index is 13.8. The number of nitrogens with zero attached hydrogens (tertiary/aromatic N) is 3. The highest BCUT2D eigenvalue weighted by atomic mass is 19.1. The van der Waals surface area contributed by atoms with E-state index in [2.05, 4.69) is 10.4 Å². The quantitative estimate of drug-likeness (QED) is 0.736. The number of halogens is 2. The highest BCUT2D eigenvalue weighted by Gasteiger charge is 2.27. The molecule has 1 N–H and O–H groups in total. The number of carbonyl (C=O) groups is 1. The fourth-order valence-electron chi connectivity index (χ4n) is 3.16. The molecular formula is C20H18F2N4O2. The Morgan fingerprint density at radius 3 is 2.71 bits per heavy atom. The Morgan fingerprint density at radius 2 is 1.96 bits per heavy atom. The number of urea groups is 1. The summed E-state index contributed by atoms with van der Waals surface area (Å²) < 4.78 is 34.8. The topological polar surface area (TPSA) is 59.4 Å². The van der Waals surface area contributed by atoms with Crippen LogP contribution < -0.4 is 15.0 Å². The van der Waals surface area contributed by atoms with Crippen LogP contribution in [0.5, 0.6) is 5.75 Å². The summed E-state index contributed by atoms with van der Waals surface area (Å²) in [6, 6.07) is 8.59. The number of hydrogen-bond donors (Lipinski definition) is 1. The fourth-order valence-corrected chi connectivity index (χ4v) is 3.16. The number of nitrogens with one attached hydrogen (secondary N) is 1. The Balaban J connectivity index is 1.58. The molecule has 0 bridgehead atoms. The van der Waals surface area contributed by atoms with E-state index in [0.717, 1.165) is 11.1 Å². The second-order valence-electron chi connectivity index (χ2n) is 6.60. The van der Waals surface area contributed by atoms with Crippen molar-refractivity contribution < 1.29 is 18.3 Å². The number of aryl methyl sites for hydroxylation is 2. The zero-order valence-corrected chi connectivity index (χ0v) is 15.4. The summed E-state index contributed by atoms with van der Waals surface area (Å²) in [5.41, 5.74) is 2.27. The van der Waals surface area contributed by atoms with Crippen molar-refractivity contribution in [2.24, 2.45) is 7.05 Å². The molecule has 2 amide bonds. The summed E-state index contributed by atoms with van der Waals surface area (Å²) in [5.74, 6) is -0.243. The number of rotatable bonds is 4. The number of hydrogen-bond acceptors (Lipinski definition) is 3. The average molecular weight is 384 g/mol. The average Bonchev–Trinajstić information content (AvgIpc) is 3.02. The maximum atomic E-state index is 13.8. The Morgan fingerprint density at radius 1 is 1.21 bits per heavy atom. The number of amides is 2. The van der Waals surface area contributed by atoms with Gasteiger partial charge in [0.25, 0.3) is 0 Å². The number of carbonyl (C=O) groups excluding carboxylic acids is 1. The van der Waals surface area contributed by atoms with Crippen LogP contribution in [0.4, 0.5) is 25.1 Å². The molecule has 28 heavy (non-hydrogen) atoms. The van der Waals surface area contributed by atoms with Crippen LogP contribution in [0.2, 0.25) is 0 Å². The van der Waals surface area contributed by atoms with Crippen LogP contribution in [0.25, 0.3) is 0 Å². The van der Waals surface area contributed by atoms with E-state index >= 15 is 0 Å². The summed E-state index contributed by atoms with van der Waals surface area (Å²) >= 11 is 0. The molecule has 0 atom stereocenters. The second-order valence-corrected chi connectivity index (χ2v) is 6.60. The minimum absolute atomic E-state index is 0.139. The van der Waals surface area contributed by atoms with E-state index < -0.39 is 11.6 Å². The molecule has 0 unspecified atom stereocenters. The molecule has 0 spiro atoms. The molecule has 3 aromatic rings. The monoisotopic (exact) mass is 384 g/mol. The summed E-state index contributed by atoms with van der Waals surface area (Å²) in [5, 5.41) is 6.98. The van der Waals surface area contributed by atoms with Gasteiger partial charge >= 0.3 is 6.03 Å². The molecule has 1 aliphatic rings. The highest BCUT2D eigenvalue weighted by Crippen LogP contribution is 2.32.